The number of carbonyl (C=O) groups is 2. The molecule has 0 amide bonds. The fraction of sp³-hybridized carbons (Fsp3) is 0.200. The summed E-state index contributed by atoms with van der Waals surface area (Å²) in [6.07, 6.45) is 0. The minimum atomic E-state index is -1.27. The lowest BCUT2D eigenvalue weighted by Crippen LogP contribution is -2.11. The van der Waals surface area contributed by atoms with E-state index in [0.29, 0.717) is 5.69 Å². The number of aryl methyl sites for hydroxylation is 1. The van der Waals surface area contributed by atoms with Gasteiger partial charge in [-0.05, 0) is 19.9 Å². The zero-order chi connectivity index (χ0) is 11.6. The molecule has 0 aliphatic heterocycles. The number of nitriles is 1. The van der Waals surface area contributed by atoms with Gasteiger partial charge in [-0.3, -0.25) is 4.79 Å². The number of aromatic nitrogens is 1. The predicted octanol–water partition coefficient (Wildman–Crippen LogP) is 1.16. The maximum absolute atomic E-state index is 11.1. The van der Waals surface area contributed by atoms with E-state index in [1.807, 2.05) is 6.07 Å². The van der Waals surface area contributed by atoms with E-state index in [1.54, 1.807) is 0 Å². The second-order valence-corrected chi connectivity index (χ2v) is 2.99. The second-order valence-electron chi connectivity index (χ2n) is 2.99. The molecule has 1 aromatic heterocycles. The van der Waals surface area contributed by atoms with Crippen LogP contribution in [0.3, 0.4) is 0 Å². The summed E-state index contributed by atoms with van der Waals surface area (Å²) in [7, 11) is 0. The molecule has 0 saturated heterocycles. The van der Waals surface area contributed by atoms with E-state index < -0.39 is 11.8 Å². The number of aromatic carboxylic acids is 1. The van der Waals surface area contributed by atoms with Crippen LogP contribution in [0.4, 0.5) is 0 Å². The molecule has 1 N–H and O–H groups in total. The Hall–Kier alpha value is -2.22. The third-order valence-corrected chi connectivity index (χ3v) is 1.92. The zero-order valence-corrected chi connectivity index (χ0v) is 8.24. The molecule has 0 bridgehead atoms. The molecule has 0 saturated carbocycles. The topological polar surface area (TPSA) is 91.0 Å². The van der Waals surface area contributed by atoms with Crippen molar-refractivity contribution in [2.75, 3.05) is 0 Å². The Morgan fingerprint density at radius 2 is 2.13 bits per heavy atom. The van der Waals surface area contributed by atoms with Gasteiger partial charge in [-0.1, -0.05) is 0 Å². The number of pyridine rings is 1. The highest BCUT2D eigenvalue weighted by molar-refractivity contribution is 6.03. The number of nitrogens with zero attached hydrogens (tertiary/aromatic N) is 2. The number of rotatable bonds is 2. The van der Waals surface area contributed by atoms with E-state index in [0.717, 1.165) is 0 Å². The van der Waals surface area contributed by atoms with Gasteiger partial charge in [-0.2, -0.15) is 5.26 Å². The number of ketones is 1. The summed E-state index contributed by atoms with van der Waals surface area (Å²) in [4.78, 5) is 25.6. The molecule has 5 nitrogen and oxygen atoms in total. The summed E-state index contributed by atoms with van der Waals surface area (Å²) in [6.45, 7) is 2.76. The van der Waals surface area contributed by atoms with Gasteiger partial charge in [0.25, 0.3) is 0 Å². The minimum Gasteiger partial charge on any atom is -0.476 e. The molecule has 5 heteroatoms. The Labute approximate surface area is 86.0 Å². The Kier molecular flexibility index (Phi) is 2.81. The van der Waals surface area contributed by atoms with Crippen LogP contribution < -0.4 is 0 Å². The van der Waals surface area contributed by atoms with E-state index in [9.17, 15) is 9.59 Å². The number of carboxylic acid groups (broad SMARTS) is 1. The third kappa shape index (κ3) is 1.99. The molecule has 0 fully saturated rings. The van der Waals surface area contributed by atoms with E-state index in [1.165, 1.54) is 19.9 Å². The lowest BCUT2D eigenvalue weighted by Gasteiger charge is -2.04. The summed E-state index contributed by atoms with van der Waals surface area (Å²) in [5.74, 6) is -1.69. The average Bonchev–Trinajstić information content (AvgIpc) is 2.16. The van der Waals surface area contributed by atoms with Crippen molar-refractivity contribution >= 4 is 11.8 Å². The van der Waals surface area contributed by atoms with Crippen LogP contribution in [-0.4, -0.2) is 21.8 Å². The van der Waals surface area contributed by atoms with Crippen LogP contribution in [0.5, 0.6) is 0 Å². The average molecular weight is 204 g/mol. The van der Waals surface area contributed by atoms with Crippen LogP contribution in [0.15, 0.2) is 6.07 Å². The largest absolute Gasteiger partial charge is 0.476 e. The molecule has 0 aliphatic carbocycles. The number of Topliss-reactive ketones (excluding diaryl/α,β-unsaturated/α-hetero) is 1. The van der Waals surface area contributed by atoms with E-state index in [2.05, 4.69) is 4.98 Å². The summed E-state index contributed by atoms with van der Waals surface area (Å²) < 4.78 is 0. The first-order valence-electron chi connectivity index (χ1n) is 4.13. The van der Waals surface area contributed by atoms with Crippen molar-refractivity contribution in [3.05, 3.63) is 28.6 Å². The van der Waals surface area contributed by atoms with Crippen LogP contribution in [-0.2, 0) is 0 Å². The highest BCUT2D eigenvalue weighted by Crippen LogP contribution is 2.13. The summed E-state index contributed by atoms with van der Waals surface area (Å²) in [5.41, 5.74) is 0.175. The van der Waals surface area contributed by atoms with Crippen LogP contribution in [0.2, 0.25) is 0 Å². The molecule has 1 rings (SSSR count). The molecule has 0 radical (unpaired) electrons. The first kappa shape index (κ1) is 10.9. The van der Waals surface area contributed by atoms with E-state index in [4.69, 9.17) is 10.4 Å². The molecule has 15 heavy (non-hydrogen) atoms. The van der Waals surface area contributed by atoms with Crippen molar-refractivity contribution in [2.45, 2.75) is 13.8 Å². The van der Waals surface area contributed by atoms with Gasteiger partial charge in [0, 0.05) is 0 Å². The smallest absolute Gasteiger partial charge is 0.355 e. The Morgan fingerprint density at radius 1 is 1.53 bits per heavy atom. The van der Waals surface area contributed by atoms with Crippen molar-refractivity contribution in [2.24, 2.45) is 0 Å². The summed E-state index contributed by atoms with van der Waals surface area (Å²) in [5, 5.41) is 17.5. The second kappa shape index (κ2) is 3.88. The Morgan fingerprint density at radius 3 is 2.53 bits per heavy atom. The molecule has 0 aromatic carbocycles. The molecule has 1 heterocycles. The fourth-order valence-electron chi connectivity index (χ4n) is 1.15. The van der Waals surface area contributed by atoms with Crippen molar-refractivity contribution in [1.29, 1.82) is 5.26 Å². The van der Waals surface area contributed by atoms with Crippen molar-refractivity contribution in [3.8, 4) is 6.07 Å². The van der Waals surface area contributed by atoms with Gasteiger partial charge in [-0.15, -0.1) is 0 Å². The summed E-state index contributed by atoms with van der Waals surface area (Å²) in [6, 6.07) is 3.11. The maximum Gasteiger partial charge on any atom is 0.355 e. The Bertz CT molecular complexity index is 486. The van der Waals surface area contributed by atoms with Gasteiger partial charge in [0.15, 0.2) is 11.5 Å². The third-order valence-electron chi connectivity index (χ3n) is 1.92. The first-order valence-corrected chi connectivity index (χ1v) is 4.13. The maximum atomic E-state index is 11.1. The van der Waals surface area contributed by atoms with E-state index >= 15 is 0 Å². The van der Waals surface area contributed by atoms with Crippen molar-refractivity contribution in [3.63, 3.8) is 0 Å². The molecule has 0 atom stereocenters. The highest BCUT2D eigenvalue weighted by atomic mass is 16.4. The number of carbonyl (C=O) groups excluding carboxylic acids is 1. The fourth-order valence-corrected chi connectivity index (χ4v) is 1.15. The molecule has 1 aromatic rings. The van der Waals surface area contributed by atoms with Crippen LogP contribution in [0, 0.1) is 18.3 Å². The monoisotopic (exact) mass is 204 g/mol. The van der Waals surface area contributed by atoms with E-state index in [-0.39, 0.29) is 16.8 Å². The SMILES string of the molecule is CC(=O)c1cc(C#N)c(C)nc1C(=O)O. The lowest BCUT2D eigenvalue weighted by molar-refractivity contribution is 0.0685. The molecular weight excluding hydrogens is 196 g/mol. The number of hydrogen-bond acceptors (Lipinski definition) is 4. The molecular formula is C10H8N2O3. The van der Waals surface area contributed by atoms with Crippen LogP contribution >= 0.6 is 0 Å². The molecule has 0 unspecified atom stereocenters. The highest BCUT2D eigenvalue weighted by Gasteiger charge is 2.17. The normalized spacial score (nSPS) is 9.40. The molecule has 76 valence electrons. The van der Waals surface area contributed by atoms with Crippen molar-refractivity contribution < 1.29 is 14.7 Å². The number of hydrogen-bond donors (Lipinski definition) is 1. The molecule has 0 aliphatic rings. The van der Waals surface area contributed by atoms with Gasteiger partial charge in [0.05, 0.1) is 16.8 Å². The Balaban J connectivity index is 3.54. The quantitative estimate of drug-likeness (QED) is 0.730. The van der Waals surface area contributed by atoms with Gasteiger partial charge < -0.3 is 5.11 Å². The van der Waals surface area contributed by atoms with Crippen molar-refractivity contribution in [1.82, 2.24) is 4.98 Å². The molecule has 0 spiro atoms. The zero-order valence-electron chi connectivity index (χ0n) is 8.24. The van der Waals surface area contributed by atoms with Crippen LogP contribution in [0.25, 0.3) is 0 Å². The minimum absolute atomic E-state index is 0.0374. The standard InChI is InChI=1S/C10H8N2O3/c1-5-7(4-11)3-8(6(2)13)9(12-5)10(14)15/h3H,1-2H3,(H,14,15). The van der Waals surface area contributed by atoms with Gasteiger partial charge in [0.2, 0.25) is 0 Å². The van der Waals surface area contributed by atoms with Gasteiger partial charge in [0.1, 0.15) is 6.07 Å². The van der Waals surface area contributed by atoms with Gasteiger partial charge in [-0.25, -0.2) is 9.78 Å². The number of carboxylic acids is 1. The van der Waals surface area contributed by atoms with Crippen LogP contribution in [0.1, 0.15) is 39.0 Å². The lowest BCUT2D eigenvalue weighted by atomic mass is 10.1. The first-order chi connectivity index (χ1) is 6.97. The summed E-state index contributed by atoms with van der Waals surface area (Å²) >= 11 is 0. The van der Waals surface area contributed by atoms with Gasteiger partial charge >= 0.3 is 5.97 Å². The predicted molar refractivity (Wildman–Crippen MR) is 50.7 cm³/mol.